The van der Waals surface area contributed by atoms with E-state index in [1.54, 1.807) is 23.1 Å². The molecule has 108 valence electrons. The summed E-state index contributed by atoms with van der Waals surface area (Å²) in [6.45, 7) is 1.12. The standard InChI is InChI=1S/C14H15BrClNO3/c1-20-14(19)9-2-4-17(5-3-9)13(18)10-6-11(15)8-12(16)7-10/h6-9H,2-5H2,1H3. The van der Waals surface area contributed by atoms with E-state index in [1.807, 2.05) is 0 Å². The van der Waals surface area contributed by atoms with E-state index in [0.717, 1.165) is 4.47 Å². The minimum Gasteiger partial charge on any atom is -0.469 e. The first-order valence-corrected chi connectivity index (χ1v) is 7.51. The summed E-state index contributed by atoms with van der Waals surface area (Å²) in [5.74, 6) is -0.353. The number of likely N-dealkylation sites (tertiary alicyclic amines) is 1. The summed E-state index contributed by atoms with van der Waals surface area (Å²) in [5, 5.41) is 0.521. The second kappa shape index (κ2) is 6.59. The zero-order chi connectivity index (χ0) is 14.7. The van der Waals surface area contributed by atoms with Gasteiger partial charge in [-0.2, -0.15) is 0 Å². The van der Waals surface area contributed by atoms with E-state index in [0.29, 0.717) is 36.5 Å². The Balaban J connectivity index is 2.03. The number of halogens is 2. The minimum atomic E-state index is -0.192. The van der Waals surface area contributed by atoms with Crippen LogP contribution >= 0.6 is 27.5 Å². The number of carbonyl (C=O) groups is 2. The summed E-state index contributed by atoms with van der Waals surface area (Å²) in [4.78, 5) is 25.6. The molecular weight excluding hydrogens is 346 g/mol. The van der Waals surface area contributed by atoms with E-state index in [-0.39, 0.29) is 17.8 Å². The van der Waals surface area contributed by atoms with Gasteiger partial charge in [0.2, 0.25) is 0 Å². The maximum atomic E-state index is 12.4. The molecule has 0 bridgehead atoms. The van der Waals surface area contributed by atoms with E-state index in [4.69, 9.17) is 16.3 Å². The predicted octanol–water partition coefficient (Wildman–Crippen LogP) is 3.13. The van der Waals surface area contributed by atoms with Crippen LogP contribution in [-0.4, -0.2) is 37.0 Å². The third kappa shape index (κ3) is 3.52. The van der Waals surface area contributed by atoms with Gasteiger partial charge in [-0.3, -0.25) is 9.59 Å². The highest BCUT2D eigenvalue weighted by atomic mass is 79.9. The Morgan fingerprint density at radius 1 is 1.30 bits per heavy atom. The normalized spacial score (nSPS) is 16.1. The highest BCUT2D eigenvalue weighted by Crippen LogP contribution is 2.23. The van der Waals surface area contributed by atoms with Crippen LogP contribution in [0, 0.1) is 5.92 Å². The number of esters is 1. The summed E-state index contributed by atoms with van der Waals surface area (Å²) in [7, 11) is 1.39. The van der Waals surface area contributed by atoms with Crippen LogP contribution in [-0.2, 0) is 9.53 Å². The zero-order valence-corrected chi connectivity index (χ0v) is 13.4. The first-order valence-electron chi connectivity index (χ1n) is 6.34. The van der Waals surface area contributed by atoms with E-state index >= 15 is 0 Å². The van der Waals surface area contributed by atoms with Gasteiger partial charge in [0.1, 0.15) is 0 Å². The molecule has 20 heavy (non-hydrogen) atoms. The van der Waals surface area contributed by atoms with E-state index in [9.17, 15) is 9.59 Å². The number of ether oxygens (including phenoxy) is 1. The molecule has 1 aliphatic heterocycles. The molecule has 0 atom stereocenters. The second-order valence-corrected chi connectivity index (χ2v) is 6.10. The molecule has 1 saturated heterocycles. The molecule has 0 N–H and O–H groups in total. The lowest BCUT2D eigenvalue weighted by Gasteiger charge is -2.30. The van der Waals surface area contributed by atoms with Gasteiger partial charge in [0.15, 0.2) is 0 Å². The Labute approximate surface area is 131 Å². The molecule has 1 aliphatic rings. The van der Waals surface area contributed by atoms with Crippen molar-refractivity contribution in [1.82, 2.24) is 4.90 Å². The molecule has 6 heteroatoms. The lowest BCUT2D eigenvalue weighted by molar-refractivity contribution is -0.146. The Hall–Kier alpha value is -1.07. The molecule has 4 nitrogen and oxygen atoms in total. The average molecular weight is 361 g/mol. The van der Waals surface area contributed by atoms with Crippen molar-refractivity contribution < 1.29 is 14.3 Å². The van der Waals surface area contributed by atoms with Crippen molar-refractivity contribution in [3.63, 3.8) is 0 Å². The van der Waals surface area contributed by atoms with Crippen LogP contribution in [0.5, 0.6) is 0 Å². The van der Waals surface area contributed by atoms with Gasteiger partial charge in [0.05, 0.1) is 13.0 Å². The fraction of sp³-hybridized carbons (Fsp3) is 0.429. The summed E-state index contributed by atoms with van der Waals surface area (Å²) in [6, 6.07) is 5.14. The first-order chi connectivity index (χ1) is 9.51. The van der Waals surface area contributed by atoms with Crippen LogP contribution in [0.4, 0.5) is 0 Å². The van der Waals surface area contributed by atoms with E-state index < -0.39 is 0 Å². The van der Waals surface area contributed by atoms with Crippen LogP contribution in [0.15, 0.2) is 22.7 Å². The second-order valence-electron chi connectivity index (χ2n) is 4.75. The first kappa shape index (κ1) is 15.3. The summed E-state index contributed by atoms with van der Waals surface area (Å²) in [5.41, 5.74) is 0.556. The average Bonchev–Trinajstić information content (AvgIpc) is 2.45. The fourth-order valence-electron chi connectivity index (χ4n) is 2.34. The largest absolute Gasteiger partial charge is 0.469 e. The number of nitrogens with zero attached hydrogens (tertiary/aromatic N) is 1. The maximum absolute atomic E-state index is 12.4. The fourth-order valence-corrected chi connectivity index (χ4v) is 3.20. The Bertz CT molecular complexity index is 507. The number of methoxy groups -OCH3 is 1. The van der Waals surface area contributed by atoms with Crippen molar-refractivity contribution in [3.05, 3.63) is 33.3 Å². The van der Waals surface area contributed by atoms with Crippen molar-refractivity contribution in [1.29, 1.82) is 0 Å². The van der Waals surface area contributed by atoms with Gasteiger partial charge < -0.3 is 9.64 Å². The van der Waals surface area contributed by atoms with Crippen LogP contribution < -0.4 is 0 Å². The smallest absolute Gasteiger partial charge is 0.308 e. The molecule has 0 spiro atoms. The number of hydrogen-bond donors (Lipinski definition) is 0. The molecule has 1 heterocycles. The highest BCUT2D eigenvalue weighted by Gasteiger charge is 2.28. The Morgan fingerprint density at radius 2 is 1.95 bits per heavy atom. The molecule has 0 unspecified atom stereocenters. The number of hydrogen-bond acceptors (Lipinski definition) is 3. The van der Waals surface area contributed by atoms with Crippen molar-refractivity contribution >= 4 is 39.4 Å². The number of benzene rings is 1. The van der Waals surface area contributed by atoms with Crippen LogP contribution in [0.1, 0.15) is 23.2 Å². The van der Waals surface area contributed by atoms with E-state index in [2.05, 4.69) is 15.9 Å². The van der Waals surface area contributed by atoms with Gasteiger partial charge in [0.25, 0.3) is 5.91 Å². The third-order valence-corrected chi connectivity index (χ3v) is 4.10. The lowest BCUT2D eigenvalue weighted by Crippen LogP contribution is -2.40. The zero-order valence-electron chi connectivity index (χ0n) is 11.1. The van der Waals surface area contributed by atoms with Gasteiger partial charge >= 0.3 is 5.97 Å². The molecule has 1 aromatic rings. The number of piperidine rings is 1. The van der Waals surface area contributed by atoms with Gasteiger partial charge in [0, 0.05) is 28.1 Å². The SMILES string of the molecule is COC(=O)C1CCN(C(=O)c2cc(Cl)cc(Br)c2)CC1. The lowest BCUT2D eigenvalue weighted by atomic mass is 9.96. The van der Waals surface area contributed by atoms with Crippen LogP contribution in [0.2, 0.25) is 5.02 Å². The van der Waals surface area contributed by atoms with Gasteiger partial charge in [-0.15, -0.1) is 0 Å². The summed E-state index contributed by atoms with van der Waals surface area (Å²) < 4.78 is 5.51. The molecule has 1 amide bonds. The molecule has 0 saturated carbocycles. The molecule has 2 rings (SSSR count). The maximum Gasteiger partial charge on any atom is 0.308 e. The van der Waals surface area contributed by atoms with E-state index in [1.165, 1.54) is 7.11 Å². The Kier molecular flexibility index (Phi) is 5.05. The molecular formula is C14H15BrClNO3. The number of carbonyl (C=O) groups excluding carboxylic acids is 2. The number of amides is 1. The van der Waals surface area contributed by atoms with Gasteiger partial charge in [-0.05, 0) is 31.0 Å². The third-order valence-electron chi connectivity index (χ3n) is 3.43. The molecule has 1 fully saturated rings. The van der Waals surface area contributed by atoms with Crippen LogP contribution in [0.25, 0.3) is 0 Å². The molecule has 0 radical (unpaired) electrons. The van der Waals surface area contributed by atoms with Gasteiger partial charge in [-0.25, -0.2) is 0 Å². The van der Waals surface area contributed by atoms with Crippen molar-refractivity contribution in [3.8, 4) is 0 Å². The van der Waals surface area contributed by atoms with Crippen molar-refractivity contribution in [2.75, 3.05) is 20.2 Å². The summed E-state index contributed by atoms with van der Waals surface area (Å²) in [6.07, 6.45) is 1.28. The topological polar surface area (TPSA) is 46.6 Å². The Morgan fingerprint density at radius 3 is 2.50 bits per heavy atom. The van der Waals surface area contributed by atoms with Crippen molar-refractivity contribution in [2.24, 2.45) is 5.92 Å². The highest BCUT2D eigenvalue weighted by molar-refractivity contribution is 9.10. The minimum absolute atomic E-state index is 0.0588. The molecule has 0 aliphatic carbocycles. The quantitative estimate of drug-likeness (QED) is 0.761. The number of rotatable bonds is 2. The van der Waals surface area contributed by atoms with Gasteiger partial charge in [-0.1, -0.05) is 27.5 Å². The van der Waals surface area contributed by atoms with Crippen molar-refractivity contribution in [2.45, 2.75) is 12.8 Å². The van der Waals surface area contributed by atoms with Crippen LogP contribution in [0.3, 0.4) is 0 Å². The molecule has 1 aromatic carbocycles. The molecule has 0 aromatic heterocycles. The summed E-state index contributed by atoms with van der Waals surface area (Å²) >= 11 is 9.28. The monoisotopic (exact) mass is 359 g/mol. The predicted molar refractivity (Wildman–Crippen MR) is 79.8 cm³/mol.